The minimum absolute atomic E-state index is 0.138. The summed E-state index contributed by atoms with van der Waals surface area (Å²) in [4.78, 5) is 24.2. The van der Waals surface area contributed by atoms with E-state index in [0.29, 0.717) is 10.6 Å². The van der Waals surface area contributed by atoms with Crippen molar-refractivity contribution in [1.82, 2.24) is 9.88 Å². The van der Waals surface area contributed by atoms with Crippen LogP contribution in [0.3, 0.4) is 0 Å². The highest BCUT2D eigenvalue weighted by Gasteiger charge is 2.19. The van der Waals surface area contributed by atoms with Crippen molar-refractivity contribution < 1.29 is 14.7 Å². The summed E-state index contributed by atoms with van der Waals surface area (Å²) in [5, 5.41) is 25.5. The number of hydrogen-bond donors (Lipinski definition) is 3. The summed E-state index contributed by atoms with van der Waals surface area (Å²) >= 11 is 5.86. The molecule has 0 fully saturated rings. The molecule has 7 nitrogen and oxygen atoms in total. The van der Waals surface area contributed by atoms with Crippen LogP contribution in [0.15, 0.2) is 48.7 Å². The summed E-state index contributed by atoms with van der Waals surface area (Å²) in [7, 11) is 1.86. The molecule has 0 saturated carbocycles. The Kier molecular flexibility index (Phi) is 5.64. The van der Waals surface area contributed by atoms with Gasteiger partial charge in [0.05, 0.1) is 17.4 Å². The molecule has 28 heavy (non-hydrogen) atoms. The SMILES string of the molecule is Cn1cc([C@H](O)CNC(=O)C(=O)Nc2cc(Cl)ccc2C#N)c2ccccc21. The van der Waals surface area contributed by atoms with Crippen molar-refractivity contribution in [2.75, 3.05) is 11.9 Å². The van der Waals surface area contributed by atoms with E-state index in [1.807, 2.05) is 41.9 Å². The molecule has 3 rings (SSSR count). The zero-order valence-electron chi connectivity index (χ0n) is 14.9. The fraction of sp³-hybridized carbons (Fsp3) is 0.150. The fourth-order valence-corrected chi connectivity index (χ4v) is 3.09. The first-order valence-corrected chi connectivity index (χ1v) is 8.79. The van der Waals surface area contributed by atoms with Crippen molar-refractivity contribution in [2.45, 2.75) is 6.10 Å². The van der Waals surface area contributed by atoms with Gasteiger partial charge in [-0.2, -0.15) is 5.26 Å². The van der Waals surface area contributed by atoms with Gasteiger partial charge in [0.15, 0.2) is 0 Å². The maximum atomic E-state index is 12.1. The molecule has 0 bridgehead atoms. The molecule has 0 radical (unpaired) electrons. The number of anilines is 1. The fourth-order valence-electron chi connectivity index (χ4n) is 2.91. The van der Waals surface area contributed by atoms with Gasteiger partial charge in [-0.15, -0.1) is 0 Å². The molecule has 3 N–H and O–H groups in total. The van der Waals surface area contributed by atoms with Crippen LogP contribution in [-0.2, 0) is 16.6 Å². The molecule has 0 unspecified atom stereocenters. The zero-order valence-corrected chi connectivity index (χ0v) is 15.7. The first kappa shape index (κ1) is 19.4. The van der Waals surface area contributed by atoms with Crippen molar-refractivity contribution >= 4 is 40.0 Å². The number of aryl methyl sites for hydroxylation is 1. The number of aliphatic hydroxyl groups is 1. The van der Waals surface area contributed by atoms with Crippen molar-refractivity contribution in [2.24, 2.45) is 7.05 Å². The van der Waals surface area contributed by atoms with Gasteiger partial charge in [0, 0.05) is 41.3 Å². The number of nitriles is 1. The van der Waals surface area contributed by atoms with Gasteiger partial charge in [-0.1, -0.05) is 29.8 Å². The van der Waals surface area contributed by atoms with E-state index in [2.05, 4.69) is 10.6 Å². The Hall–Kier alpha value is -3.34. The van der Waals surface area contributed by atoms with Crippen LogP contribution in [0, 0.1) is 11.3 Å². The standard InChI is InChI=1S/C20H17ClN4O3/c1-25-11-15(14-4-2-3-5-17(14)25)18(26)10-23-19(27)20(28)24-16-8-13(21)7-6-12(16)9-22/h2-8,11,18,26H,10H2,1H3,(H,23,27)(H,24,28)/t18-/m1/s1. The van der Waals surface area contributed by atoms with Gasteiger partial charge in [0.1, 0.15) is 6.07 Å². The van der Waals surface area contributed by atoms with Crippen molar-refractivity contribution in [3.8, 4) is 6.07 Å². The largest absolute Gasteiger partial charge is 0.386 e. The molecule has 0 saturated heterocycles. The molecule has 2 amide bonds. The molecule has 0 spiro atoms. The third kappa shape index (κ3) is 3.98. The molecule has 1 atom stereocenters. The van der Waals surface area contributed by atoms with E-state index in [4.69, 9.17) is 16.9 Å². The Morgan fingerprint density at radius 2 is 2.00 bits per heavy atom. The van der Waals surface area contributed by atoms with Gasteiger partial charge in [-0.3, -0.25) is 9.59 Å². The van der Waals surface area contributed by atoms with Crippen LogP contribution in [0.4, 0.5) is 5.69 Å². The molecule has 0 aliphatic carbocycles. The lowest BCUT2D eigenvalue weighted by molar-refractivity contribution is -0.136. The van der Waals surface area contributed by atoms with Gasteiger partial charge in [0.2, 0.25) is 0 Å². The molecule has 1 heterocycles. The lowest BCUT2D eigenvalue weighted by Crippen LogP contribution is -2.37. The van der Waals surface area contributed by atoms with Crippen molar-refractivity contribution in [1.29, 1.82) is 5.26 Å². The zero-order chi connectivity index (χ0) is 20.3. The summed E-state index contributed by atoms with van der Waals surface area (Å²) in [6.07, 6.45) is 0.802. The third-order valence-electron chi connectivity index (χ3n) is 4.30. The van der Waals surface area contributed by atoms with E-state index < -0.39 is 17.9 Å². The Morgan fingerprint density at radius 1 is 1.25 bits per heavy atom. The molecular formula is C20H17ClN4O3. The lowest BCUT2D eigenvalue weighted by atomic mass is 10.1. The van der Waals surface area contributed by atoms with Crippen molar-refractivity contribution in [3.05, 3.63) is 64.8 Å². The minimum atomic E-state index is -0.983. The van der Waals surface area contributed by atoms with E-state index in [1.165, 1.54) is 18.2 Å². The molecule has 3 aromatic rings. The average molecular weight is 397 g/mol. The number of rotatable bonds is 4. The summed E-state index contributed by atoms with van der Waals surface area (Å²) in [5.74, 6) is -1.88. The number of aliphatic hydroxyl groups excluding tert-OH is 1. The number of hydrogen-bond acceptors (Lipinski definition) is 4. The Balaban J connectivity index is 1.66. The van der Waals surface area contributed by atoms with Crippen molar-refractivity contribution in [3.63, 3.8) is 0 Å². The van der Waals surface area contributed by atoms with Gasteiger partial charge in [-0.05, 0) is 24.3 Å². The highest BCUT2D eigenvalue weighted by Crippen LogP contribution is 2.25. The highest BCUT2D eigenvalue weighted by atomic mass is 35.5. The quantitative estimate of drug-likeness (QED) is 0.589. The number of halogens is 1. The second kappa shape index (κ2) is 8.13. The minimum Gasteiger partial charge on any atom is -0.386 e. The predicted octanol–water partition coefficient (Wildman–Crippen LogP) is 2.49. The molecule has 8 heteroatoms. The van der Waals surface area contributed by atoms with Crippen LogP contribution in [0.1, 0.15) is 17.2 Å². The van der Waals surface area contributed by atoms with Crippen LogP contribution < -0.4 is 10.6 Å². The maximum Gasteiger partial charge on any atom is 0.313 e. The van der Waals surface area contributed by atoms with Gasteiger partial charge >= 0.3 is 11.8 Å². The number of carbonyl (C=O) groups excluding carboxylic acids is 2. The number of nitrogens with one attached hydrogen (secondary N) is 2. The smallest absolute Gasteiger partial charge is 0.313 e. The first-order valence-electron chi connectivity index (χ1n) is 8.41. The van der Waals surface area contributed by atoms with E-state index in [0.717, 1.165) is 10.9 Å². The third-order valence-corrected chi connectivity index (χ3v) is 4.53. The number of amides is 2. The Morgan fingerprint density at radius 3 is 2.75 bits per heavy atom. The van der Waals surface area contributed by atoms with Gasteiger partial charge in [0.25, 0.3) is 0 Å². The second-order valence-electron chi connectivity index (χ2n) is 6.19. The lowest BCUT2D eigenvalue weighted by Gasteiger charge is -2.12. The summed E-state index contributed by atoms with van der Waals surface area (Å²) in [6, 6.07) is 13.8. The number of nitrogens with zero attached hydrogens (tertiary/aromatic N) is 2. The summed E-state index contributed by atoms with van der Waals surface area (Å²) in [5.41, 5.74) is 1.93. The van der Waals surface area contributed by atoms with Gasteiger partial charge in [-0.25, -0.2) is 0 Å². The van der Waals surface area contributed by atoms with Crippen LogP contribution >= 0.6 is 11.6 Å². The molecule has 0 aliphatic heterocycles. The van der Waals surface area contributed by atoms with E-state index in [1.54, 1.807) is 6.20 Å². The highest BCUT2D eigenvalue weighted by molar-refractivity contribution is 6.40. The number of carbonyl (C=O) groups is 2. The number of aromatic nitrogens is 1. The Labute approximate surface area is 166 Å². The number of benzene rings is 2. The molecule has 1 aromatic heterocycles. The summed E-state index contributed by atoms with van der Waals surface area (Å²) < 4.78 is 1.88. The number of fused-ring (bicyclic) bond motifs is 1. The van der Waals surface area contributed by atoms with Crippen LogP contribution in [-0.4, -0.2) is 28.0 Å². The van der Waals surface area contributed by atoms with Crippen LogP contribution in [0.2, 0.25) is 5.02 Å². The molecule has 142 valence electrons. The Bertz CT molecular complexity index is 1100. The van der Waals surface area contributed by atoms with Gasteiger partial charge < -0.3 is 20.3 Å². The average Bonchev–Trinajstić information content (AvgIpc) is 3.03. The van der Waals surface area contributed by atoms with E-state index in [9.17, 15) is 14.7 Å². The predicted molar refractivity (Wildman–Crippen MR) is 106 cm³/mol. The second-order valence-corrected chi connectivity index (χ2v) is 6.63. The maximum absolute atomic E-state index is 12.1. The normalized spacial score (nSPS) is 11.6. The summed E-state index contributed by atoms with van der Waals surface area (Å²) in [6.45, 7) is -0.138. The molecular weight excluding hydrogens is 380 g/mol. The topological polar surface area (TPSA) is 107 Å². The number of para-hydroxylation sites is 1. The van der Waals surface area contributed by atoms with E-state index >= 15 is 0 Å². The molecule has 0 aliphatic rings. The van der Waals surface area contributed by atoms with Crippen LogP contribution in [0.5, 0.6) is 0 Å². The van der Waals surface area contributed by atoms with Crippen LogP contribution in [0.25, 0.3) is 10.9 Å². The monoisotopic (exact) mass is 396 g/mol. The molecule has 2 aromatic carbocycles. The van der Waals surface area contributed by atoms with E-state index in [-0.39, 0.29) is 17.8 Å². The first-order chi connectivity index (χ1) is 13.4.